The Balaban J connectivity index is 1.57. The fraction of sp³-hybridized carbons (Fsp3) is 0.769. The molecule has 1 unspecified atom stereocenters. The summed E-state index contributed by atoms with van der Waals surface area (Å²) in [6.07, 6.45) is 2.77. The molecule has 0 saturated carbocycles. The standard InChI is InChI=1S/C13H21N3S/c1-9-10(2)17-13(15-9)7-14-12-8-16-5-3-11(12)4-6-16/h11-12,14H,3-8H2,1-2H3. The van der Waals surface area contributed by atoms with E-state index >= 15 is 0 Å². The van der Waals surface area contributed by atoms with E-state index in [0.717, 1.165) is 12.5 Å². The molecule has 4 rings (SSSR count). The topological polar surface area (TPSA) is 28.2 Å². The van der Waals surface area contributed by atoms with Gasteiger partial charge >= 0.3 is 0 Å². The van der Waals surface area contributed by atoms with Gasteiger partial charge in [-0.1, -0.05) is 0 Å². The van der Waals surface area contributed by atoms with E-state index in [1.165, 1.54) is 48.1 Å². The molecule has 0 aliphatic carbocycles. The number of fused-ring (bicyclic) bond motifs is 3. The number of hydrogen-bond acceptors (Lipinski definition) is 4. The highest BCUT2D eigenvalue weighted by Gasteiger charge is 2.33. The minimum absolute atomic E-state index is 0.696. The predicted molar refractivity (Wildman–Crippen MR) is 71.4 cm³/mol. The van der Waals surface area contributed by atoms with Crippen LogP contribution in [0.25, 0.3) is 0 Å². The third-order valence-electron chi connectivity index (χ3n) is 4.24. The zero-order valence-corrected chi connectivity index (χ0v) is 11.5. The number of thiazole rings is 1. The van der Waals surface area contributed by atoms with Gasteiger partial charge in [0.15, 0.2) is 0 Å². The maximum atomic E-state index is 4.60. The number of aromatic nitrogens is 1. The van der Waals surface area contributed by atoms with Crippen LogP contribution in [-0.2, 0) is 6.54 Å². The van der Waals surface area contributed by atoms with Gasteiger partial charge in [0.05, 0.1) is 5.69 Å². The Morgan fingerprint density at radius 1 is 1.35 bits per heavy atom. The lowest BCUT2D eigenvalue weighted by atomic mass is 9.84. The predicted octanol–water partition coefficient (Wildman–Crippen LogP) is 1.94. The third kappa shape index (κ3) is 2.39. The minimum Gasteiger partial charge on any atom is -0.306 e. The Hall–Kier alpha value is -0.450. The number of hydrogen-bond donors (Lipinski definition) is 1. The second-order valence-corrected chi connectivity index (χ2v) is 6.66. The summed E-state index contributed by atoms with van der Waals surface area (Å²) in [5, 5.41) is 4.96. The molecule has 2 bridgehead atoms. The maximum Gasteiger partial charge on any atom is 0.107 e. The van der Waals surface area contributed by atoms with Gasteiger partial charge in [-0.25, -0.2) is 4.98 Å². The number of piperidine rings is 3. The van der Waals surface area contributed by atoms with Crippen LogP contribution in [0.1, 0.15) is 28.4 Å². The first kappa shape index (κ1) is 11.6. The van der Waals surface area contributed by atoms with Crippen molar-refractivity contribution < 1.29 is 0 Å². The summed E-state index contributed by atoms with van der Waals surface area (Å²) < 4.78 is 0. The summed E-state index contributed by atoms with van der Waals surface area (Å²) in [4.78, 5) is 8.55. The number of nitrogens with one attached hydrogen (secondary N) is 1. The molecule has 3 fully saturated rings. The zero-order chi connectivity index (χ0) is 11.8. The second-order valence-electron chi connectivity index (χ2n) is 5.37. The quantitative estimate of drug-likeness (QED) is 0.890. The molecule has 3 saturated heterocycles. The lowest BCUT2D eigenvalue weighted by molar-refractivity contribution is 0.0720. The highest BCUT2D eigenvalue weighted by molar-refractivity contribution is 7.11. The summed E-state index contributed by atoms with van der Waals surface area (Å²) in [6.45, 7) is 9.09. The molecule has 4 heterocycles. The Labute approximate surface area is 107 Å². The number of aryl methyl sites for hydroxylation is 2. The van der Waals surface area contributed by atoms with Crippen LogP contribution in [0.3, 0.4) is 0 Å². The van der Waals surface area contributed by atoms with E-state index in [0.29, 0.717) is 6.04 Å². The molecule has 3 nitrogen and oxygen atoms in total. The van der Waals surface area contributed by atoms with Gasteiger partial charge in [0, 0.05) is 24.0 Å². The van der Waals surface area contributed by atoms with Crippen molar-refractivity contribution in [2.75, 3.05) is 19.6 Å². The van der Waals surface area contributed by atoms with E-state index in [1.54, 1.807) is 0 Å². The normalized spacial score (nSPS) is 32.0. The van der Waals surface area contributed by atoms with Crippen LogP contribution in [0.5, 0.6) is 0 Å². The number of rotatable bonds is 3. The molecule has 1 atom stereocenters. The van der Waals surface area contributed by atoms with Crippen molar-refractivity contribution in [3.05, 3.63) is 15.6 Å². The fourth-order valence-electron chi connectivity index (χ4n) is 3.03. The van der Waals surface area contributed by atoms with Crippen LogP contribution in [0.15, 0.2) is 0 Å². The first-order chi connectivity index (χ1) is 8.22. The van der Waals surface area contributed by atoms with Crippen LogP contribution in [0.2, 0.25) is 0 Å². The first-order valence-corrected chi connectivity index (χ1v) is 7.42. The largest absolute Gasteiger partial charge is 0.306 e. The minimum atomic E-state index is 0.696. The molecule has 0 aromatic carbocycles. The van der Waals surface area contributed by atoms with Crippen LogP contribution < -0.4 is 5.32 Å². The molecule has 1 aromatic heterocycles. The van der Waals surface area contributed by atoms with Crippen molar-refractivity contribution in [2.24, 2.45) is 5.92 Å². The molecule has 0 spiro atoms. The Morgan fingerprint density at radius 3 is 2.65 bits per heavy atom. The van der Waals surface area contributed by atoms with Gasteiger partial charge in [-0.3, -0.25) is 0 Å². The van der Waals surface area contributed by atoms with Crippen molar-refractivity contribution in [1.82, 2.24) is 15.2 Å². The van der Waals surface area contributed by atoms with Gasteiger partial charge in [0.1, 0.15) is 5.01 Å². The monoisotopic (exact) mass is 251 g/mol. The summed E-state index contributed by atoms with van der Waals surface area (Å²) in [6, 6.07) is 0.696. The van der Waals surface area contributed by atoms with Gasteiger partial charge < -0.3 is 10.2 Å². The Kier molecular flexibility index (Phi) is 3.19. The lowest BCUT2D eigenvalue weighted by Crippen LogP contribution is -2.55. The van der Waals surface area contributed by atoms with Crippen molar-refractivity contribution in [1.29, 1.82) is 0 Å². The Morgan fingerprint density at radius 2 is 2.12 bits per heavy atom. The van der Waals surface area contributed by atoms with Crippen LogP contribution in [0, 0.1) is 19.8 Å². The van der Waals surface area contributed by atoms with E-state index in [1.807, 2.05) is 11.3 Å². The fourth-order valence-corrected chi connectivity index (χ4v) is 3.91. The zero-order valence-electron chi connectivity index (χ0n) is 10.7. The van der Waals surface area contributed by atoms with Crippen molar-refractivity contribution >= 4 is 11.3 Å². The van der Waals surface area contributed by atoms with Crippen LogP contribution >= 0.6 is 11.3 Å². The molecule has 94 valence electrons. The average molecular weight is 251 g/mol. The second kappa shape index (κ2) is 4.67. The molecule has 17 heavy (non-hydrogen) atoms. The van der Waals surface area contributed by atoms with E-state index in [2.05, 4.69) is 29.0 Å². The highest BCUT2D eigenvalue weighted by Crippen LogP contribution is 2.27. The average Bonchev–Trinajstić information content (AvgIpc) is 2.68. The molecular weight excluding hydrogens is 230 g/mol. The van der Waals surface area contributed by atoms with Gasteiger partial charge in [-0.15, -0.1) is 11.3 Å². The van der Waals surface area contributed by atoms with Gasteiger partial charge in [0.25, 0.3) is 0 Å². The van der Waals surface area contributed by atoms with Crippen molar-refractivity contribution in [3.8, 4) is 0 Å². The molecular formula is C13H21N3S. The summed E-state index contributed by atoms with van der Waals surface area (Å²) >= 11 is 1.84. The van der Waals surface area contributed by atoms with Gasteiger partial charge in [-0.2, -0.15) is 0 Å². The highest BCUT2D eigenvalue weighted by atomic mass is 32.1. The molecule has 0 radical (unpaired) electrons. The van der Waals surface area contributed by atoms with E-state index in [4.69, 9.17) is 0 Å². The SMILES string of the molecule is Cc1nc(CNC2CN3CCC2CC3)sc1C. The Bertz CT molecular complexity index is 374. The molecule has 3 aliphatic rings. The van der Waals surface area contributed by atoms with Crippen LogP contribution in [0.4, 0.5) is 0 Å². The summed E-state index contributed by atoms with van der Waals surface area (Å²) in [5.41, 5.74) is 1.20. The first-order valence-electron chi connectivity index (χ1n) is 6.61. The smallest absolute Gasteiger partial charge is 0.107 e. The molecule has 1 N–H and O–H groups in total. The summed E-state index contributed by atoms with van der Waals surface area (Å²) in [5.74, 6) is 0.905. The maximum absolute atomic E-state index is 4.60. The van der Waals surface area contributed by atoms with Gasteiger partial charge in [-0.05, 0) is 45.7 Å². The summed E-state index contributed by atoms with van der Waals surface area (Å²) in [7, 11) is 0. The molecule has 1 aromatic rings. The third-order valence-corrected chi connectivity index (χ3v) is 5.32. The molecule has 3 aliphatic heterocycles. The lowest BCUT2D eigenvalue weighted by Gasteiger charge is -2.45. The van der Waals surface area contributed by atoms with E-state index in [9.17, 15) is 0 Å². The van der Waals surface area contributed by atoms with Crippen LogP contribution in [-0.4, -0.2) is 35.6 Å². The van der Waals surface area contributed by atoms with E-state index in [-0.39, 0.29) is 0 Å². The van der Waals surface area contributed by atoms with Crippen molar-refractivity contribution in [3.63, 3.8) is 0 Å². The van der Waals surface area contributed by atoms with Gasteiger partial charge in [0.2, 0.25) is 0 Å². The van der Waals surface area contributed by atoms with Crippen molar-refractivity contribution in [2.45, 2.75) is 39.3 Å². The molecule has 0 amide bonds. The number of nitrogens with zero attached hydrogens (tertiary/aromatic N) is 2. The molecule has 4 heteroatoms. The van der Waals surface area contributed by atoms with E-state index < -0.39 is 0 Å².